The summed E-state index contributed by atoms with van der Waals surface area (Å²) in [4.78, 5) is 121. The number of ketones is 3. The Kier molecular flexibility index (Phi) is 26.7. The van der Waals surface area contributed by atoms with Crippen molar-refractivity contribution in [3.63, 3.8) is 0 Å². The molecule has 2 aromatic heterocycles. The van der Waals surface area contributed by atoms with Crippen molar-refractivity contribution in [2.75, 3.05) is 23.9 Å². The molecule has 0 bridgehead atoms. The average Bonchev–Trinajstić information content (AvgIpc) is 1.56. The summed E-state index contributed by atoms with van der Waals surface area (Å²) in [6.07, 6.45) is 10.2. The Labute approximate surface area is 620 Å². The van der Waals surface area contributed by atoms with E-state index in [4.69, 9.17) is 20.8 Å². The first-order valence-electron chi connectivity index (χ1n) is 37.0. The number of benzene rings is 6. The first kappa shape index (κ1) is 79.7. The van der Waals surface area contributed by atoms with Crippen molar-refractivity contribution in [3.8, 4) is 0 Å². The van der Waals surface area contributed by atoms with Crippen LogP contribution in [0.4, 0.5) is 11.4 Å². The van der Waals surface area contributed by atoms with E-state index in [2.05, 4.69) is 58.6 Å². The van der Waals surface area contributed by atoms with Gasteiger partial charge in [-0.05, 0) is 143 Å². The Bertz CT molecular complexity index is 4470. The molecule has 3 saturated carbocycles. The second kappa shape index (κ2) is 35.6. The fourth-order valence-electron chi connectivity index (χ4n) is 15.9. The molecule has 3 fully saturated rings. The lowest BCUT2D eigenvalue weighted by Gasteiger charge is -2.36. The number of Topliss-reactive ketones (excluding diaryl/α,β-unsaturated/α-hetero) is 3. The van der Waals surface area contributed by atoms with Crippen LogP contribution >= 0.6 is 0 Å². The zero-order chi connectivity index (χ0) is 76.6. The second-order valence-electron chi connectivity index (χ2n) is 29.8. The molecule has 2 unspecified atom stereocenters. The number of hydrogen-bond acceptors (Lipinski definition) is 17. The highest BCUT2D eigenvalue weighted by molar-refractivity contribution is 6.21. The van der Waals surface area contributed by atoms with Crippen LogP contribution < -0.4 is 25.7 Å². The number of rotatable bonds is 19. The van der Waals surface area contributed by atoms with E-state index in [-0.39, 0.29) is 47.0 Å². The Morgan fingerprint density at radius 1 is 0.500 bits per heavy atom. The van der Waals surface area contributed by atoms with Gasteiger partial charge in [-0.2, -0.15) is 0 Å². The zero-order valence-electron chi connectivity index (χ0n) is 62.9. The number of hydrogen-bond donors (Lipinski definition) is 4. The van der Waals surface area contributed by atoms with Crippen molar-refractivity contribution in [1.29, 1.82) is 0 Å². The third-order valence-electron chi connectivity index (χ3n) is 21.5. The van der Waals surface area contributed by atoms with Crippen LogP contribution in [0.1, 0.15) is 181 Å². The highest BCUT2D eigenvalue weighted by Crippen LogP contribution is 2.50. The quantitative estimate of drug-likeness (QED) is 0.0432. The van der Waals surface area contributed by atoms with Gasteiger partial charge in [0.2, 0.25) is 12.1 Å². The lowest BCUT2D eigenvalue weighted by atomic mass is 9.67. The summed E-state index contributed by atoms with van der Waals surface area (Å²) in [7, 11) is 3.44. The van der Waals surface area contributed by atoms with Gasteiger partial charge in [-0.15, -0.1) is 10.2 Å². The lowest BCUT2D eigenvalue weighted by Crippen LogP contribution is -2.52. The topological polar surface area (TPSA) is 317 Å². The number of likely N-dealkylation sites (N-methyl/N-ethyl adjacent to an activating group) is 2. The molecule has 8 aromatic rings. The standard InChI is InChI=1S/C29H35N3O3.C19H25N3O3.C16H15N3O.C13H22O3.C6H5N3O/c1-19(2)18-23(29(20(3)33)16-10-11-17-29)27(34)31-26-28(35)32(4)24-15-9-8-14-22(24)25(30-26)21-12-6-5-7-13-21;1-13(2)12-15(19(14(3)23)10-6-7-11-19)18(24)25-22-17-9-5-4-8-16(17)20-21-22;1-19-13-10-6-5-9-12(13)14(18-15(17)16(19)20)11-7-3-2-4-8-11;1-9(2)8-11(12(15)16)13(10(3)14)6-4-5-7-13;10-9-6-4-2-1-3-5(6)7-8-9/h5-9,12-15,19,23,26H,10-11,16-18H2,1-4H3,(H,31,34);4-5,8-9,13,15H,6-7,10-12H2,1-3H3;2-10,15H,17H2,1H3;9,11H,4-8H2,1-3H3,(H,15,16);1-4,10H/t23-,26?;15-;;11-;/m00.0./s1. The smallest absolute Gasteiger partial charge is 0.339 e. The van der Waals surface area contributed by atoms with Crippen molar-refractivity contribution in [2.24, 2.45) is 67.5 Å². The average molecular weight is 1440 g/mol. The molecule has 2 aliphatic heterocycles. The van der Waals surface area contributed by atoms with E-state index >= 15 is 0 Å². The van der Waals surface area contributed by atoms with Crippen LogP contribution in [0.25, 0.3) is 22.1 Å². The van der Waals surface area contributed by atoms with Crippen LogP contribution in [0.2, 0.25) is 0 Å². The minimum Gasteiger partial charge on any atom is -0.481 e. The molecule has 6 aromatic carbocycles. The summed E-state index contributed by atoms with van der Waals surface area (Å²) in [5, 5.41) is 36.3. The van der Waals surface area contributed by atoms with Crippen molar-refractivity contribution >= 4 is 91.9 Å². The number of benzodiazepines with no additional fused rings is 2. The van der Waals surface area contributed by atoms with E-state index in [1.807, 2.05) is 153 Å². The highest BCUT2D eigenvalue weighted by Gasteiger charge is 2.52. The molecule has 3 aliphatic carbocycles. The third-order valence-corrected chi connectivity index (χ3v) is 21.5. The van der Waals surface area contributed by atoms with Gasteiger partial charge in [0.1, 0.15) is 39.4 Å². The fraction of sp³-hybridized carbons (Fsp3) is 0.446. The molecule has 4 heterocycles. The minimum absolute atomic E-state index is 0.0676. The fourth-order valence-corrected chi connectivity index (χ4v) is 15.9. The number of amides is 3. The van der Waals surface area contributed by atoms with Gasteiger partial charge >= 0.3 is 11.9 Å². The van der Waals surface area contributed by atoms with Crippen LogP contribution in [0.3, 0.4) is 0 Å². The van der Waals surface area contributed by atoms with E-state index in [9.17, 15) is 43.5 Å². The SMILES string of the molecule is CC(=O)C1([C@@H](CC(C)C)C(=O)NC2N=C(c3ccccc3)c3ccccc3N(C)C2=O)CCCC1.CC(=O)C1([C@@H](CC(C)C)C(=O)O)CCCC1.CC(=O)C1([C@@H](CC(C)C)C(=O)On2nnc3ccccc32)CCCC1.CN1C(=O)C(N)N=C(c2ccccc2)c2ccccc21.On1nnc2ccccc21. The summed E-state index contributed by atoms with van der Waals surface area (Å²) in [6, 6.07) is 49.3. The number of nitrogens with zero attached hydrogens (tertiary/aromatic N) is 10. The summed E-state index contributed by atoms with van der Waals surface area (Å²) in [6.45, 7) is 17.1. The molecule has 5 aliphatic rings. The van der Waals surface area contributed by atoms with Crippen molar-refractivity contribution < 1.29 is 53.5 Å². The Hall–Kier alpha value is -10.4. The molecule has 0 saturated heterocycles. The number of nitrogens with one attached hydrogen (secondary N) is 1. The van der Waals surface area contributed by atoms with Crippen LogP contribution in [-0.2, 0) is 38.4 Å². The zero-order valence-corrected chi connectivity index (χ0v) is 62.9. The molecule has 13 rings (SSSR count). The van der Waals surface area contributed by atoms with E-state index in [0.29, 0.717) is 58.9 Å². The molecular weight excluding hydrogens is 1340 g/mol. The number of carbonyl (C=O) groups excluding carboxylic acids is 7. The Morgan fingerprint density at radius 3 is 1.34 bits per heavy atom. The first-order valence-corrected chi connectivity index (χ1v) is 37.0. The molecule has 106 heavy (non-hydrogen) atoms. The lowest BCUT2D eigenvalue weighted by molar-refractivity contribution is -0.160. The Balaban J connectivity index is 0.000000162. The normalized spacial score (nSPS) is 18.4. The second-order valence-corrected chi connectivity index (χ2v) is 29.8. The van der Waals surface area contributed by atoms with Crippen LogP contribution in [0.15, 0.2) is 168 Å². The summed E-state index contributed by atoms with van der Waals surface area (Å²) in [5.41, 5.74) is 13.3. The predicted molar refractivity (Wildman–Crippen MR) is 409 cm³/mol. The van der Waals surface area contributed by atoms with E-state index in [1.54, 1.807) is 62.9 Å². The maximum absolute atomic E-state index is 13.8. The number of aliphatic carboxylic acids is 1. The van der Waals surface area contributed by atoms with E-state index in [1.165, 1.54) is 4.85 Å². The number of carboxylic acids is 1. The van der Waals surface area contributed by atoms with Gasteiger partial charge in [-0.1, -0.05) is 211 Å². The van der Waals surface area contributed by atoms with Gasteiger partial charge in [0.15, 0.2) is 6.17 Å². The van der Waals surface area contributed by atoms with Gasteiger partial charge in [0.25, 0.3) is 11.8 Å². The van der Waals surface area contributed by atoms with Gasteiger partial charge in [-0.3, -0.25) is 38.6 Å². The predicted octanol–water partition coefficient (Wildman–Crippen LogP) is 13.3. The third kappa shape index (κ3) is 18.1. The van der Waals surface area contributed by atoms with Crippen molar-refractivity contribution in [3.05, 3.63) is 180 Å². The summed E-state index contributed by atoms with van der Waals surface area (Å²) >= 11 is 0. The number of aromatic nitrogens is 6. The maximum atomic E-state index is 13.8. The van der Waals surface area contributed by atoms with Crippen LogP contribution in [0.5, 0.6) is 0 Å². The number of aliphatic imine (C=N–C) groups is 2. The molecule has 0 spiro atoms. The first-order chi connectivity index (χ1) is 50.6. The highest BCUT2D eigenvalue weighted by atomic mass is 16.7. The Morgan fingerprint density at radius 2 is 0.877 bits per heavy atom. The van der Waals surface area contributed by atoms with Crippen molar-refractivity contribution in [2.45, 2.75) is 171 Å². The molecule has 23 nitrogen and oxygen atoms in total. The van der Waals surface area contributed by atoms with E-state index in [0.717, 1.165) is 121 Å². The number of carboxylic acid groups (broad SMARTS) is 1. The monoisotopic (exact) mass is 1440 g/mol. The number of anilines is 2. The minimum atomic E-state index is -1.07. The van der Waals surface area contributed by atoms with Gasteiger partial charge in [-0.25, -0.2) is 9.79 Å². The van der Waals surface area contributed by atoms with Crippen molar-refractivity contribution in [1.82, 2.24) is 35.6 Å². The molecular formula is C83H102N12O11. The molecule has 560 valence electrons. The molecule has 0 radical (unpaired) electrons. The molecule has 5 N–H and O–H groups in total. The van der Waals surface area contributed by atoms with Gasteiger partial charge in [0.05, 0.1) is 40.6 Å². The summed E-state index contributed by atoms with van der Waals surface area (Å²) < 4.78 is 0. The number of para-hydroxylation sites is 4. The molecule has 5 atom stereocenters. The van der Waals surface area contributed by atoms with E-state index < -0.39 is 52.3 Å². The summed E-state index contributed by atoms with van der Waals surface area (Å²) in [5.74, 6) is -2.30. The molecule has 3 amide bonds. The number of fused-ring (bicyclic) bond motifs is 4. The van der Waals surface area contributed by atoms with Crippen LogP contribution in [-0.4, -0.2) is 125 Å². The number of carbonyl (C=O) groups is 8. The van der Waals surface area contributed by atoms with Gasteiger partial charge in [0, 0.05) is 52.6 Å². The largest absolute Gasteiger partial charge is 0.481 e. The van der Waals surface area contributed by atoms with Gasteiger partial charge < -0.3 is 36.0 Å². The maximum Gasteiger partial charge on any atom is 0.339 e. The van der Waals surface area contributed by atoms with Crippen LogP contribution in [0, 0.1) is 51.8 Å². The number of nitrogens with two attached hydrogens (primary N) is 1. The molecule has 23 heteroatoms.